The van der Waals surface area contributed by atoms with E-state index in [2.05, 4.69) is 4.99 Å². The van der Waals surface area contributed by atoms with Crippen molar-refractivity contribution < 1.29 is 19.1 Å². The monoisotopic (exact) mass is 350 g/mol. The molecule has 0 spiro atoms. The Morgan fingerprint density at radius 1 is 1.15 bits per heavy atom. The number of amides is 1. The van der Waals surface area contributed by atoms with Crippen LogP contribution in [-0.4, -0.2) is 24.4 Å². The van der Waals surface area contributed by atoms with Gasteiger partial charge in [-0.2, -0.15) is 0 Å². The molecule has 1 aliphatic heterocycles. The quantitative estimate of drug-likeness (QED) is 0.662. The number of rotatable bonds is 5. The Balaban J connectivity index is 1.81. The normalized spacial score (nSPS) is 14.9. The topological polar surface area (TPSA) is 91.0 Å². The highest BCUT2D eigenvalue weighted by molar-refractivity contribution is 6.13. The predicted octanol–water partition coefficient (Wildman–Crippen LogP) is 2.51. The molecule has 0 aromatic heterocycles. The van der Waals surface area contributed by atoms with Crippen molar-refractivity contribution in [2.75, 3.05) is 6.61 Å². The van der Waals surface area contributed by atoms with Crippen LogP contribution in [0, 0.1) is 13.8 Å². The number of hydrogen-bond donors (Lipinski definition) is 1. The van der Waals surface area contributed by atoms with Crippen LogP contribution in [-0.2, 0) is 14.3 Å². The van der Waals surface area contributed by atoms with Gasteiger partial charge in [0, 0.05) is 5.56 Å². The second-order valence-corrected chi connectivity index (χ2v) is 6.04. The van der Waals surface area contributed by atoms with E-state index in [-0.39, 0.29) is 12.3 Å². The Labute approximate surface area is 150 Å². The van der Waals surface area contributed by atoms with Gasteiger partial charge in [0.05, 0.1) is 0 Å². The summed E-state index contributed by atoms with van der Waals surface area (Å²) in [5.74, 6) is -0.222. The van der Waals surface area contributed by atoms with E-state index in [1.807, 2.05) is 32.0 Å². The number of carbonyl (C=O) groups is 2. The van der Waals surface area contributed by atoms with E-state index in [1.165, 1.54) is 0 Å². The Morgan fingerprint density at radius 2 is 1.81 bits per heavy atom. The van der Waals surface area contributed by atoms with Crippen LogP contribution in [0.3, 0.4) is 0 Å². The molecule has 0 aliphatic carbocycles. The minimum absolute atomic E-state index is 0.184. The van der Waals surface area contributed by atoms with E-state index in [9.17, 15) is 9.59 Å². The van der Waals surface area contributed by atoms with Crippen molar-refractivity contribution in [3.8, 4) is 5.75 Å². The van der Waals surface area contributed by atoms with Crippen LogP contribution in [0.5, 0.6) is 5.75 Å². The Kier molecular flexibility index (Phi) is 4.84. The number of aryl methyl sites for hydroxylation is 2. The molecule has 1 aliphatic rings. The van der Waals surface area contributed by atoms with Crippen molar-refractivity contribution in [2.24, 2.45) is 10.7 Å². The van der Waals surface area contributed by atoms with Crippen LogP contribution in [0.25, 0.3) is 6.08 Å². The molecule has 2 aromatic carbocycles. The first kappa shape index (κ1) is 17.4. The number of nitrogens with two attached hydrogens (primary N) is 1. The molecule has 0 radical (unpaired) electrons. The van der Waals surface area contributed by atoms with Crippen LogP contribution in [0.1, 0.15) is 22.3 Å². The molecule has 1 heterocycles. The first-order valence-corrected chi connectivity index (χ1v) is 8.03. The summed E-state index contributed by atoms with van der Waals surface area (Å²) in [6, 6.07) is 12.8. The van der Waals surface area contributed by atoms with Crippen LogP contribution in [0.15, 0.2) is 53.2 Å². The number of primary amides is 1. The summed E-state index contributed by atoms with van der Waals surface area (Å²) in [6.07, 6.45) is 1.63. The second kappa shape index (κ2) is 7.23. The summed E-state index contributed by atoms with van der Waals surface area (Å²) in [5.41, 5.74) is 8.94. The molecule has 0 saturated heterocycles. The van der Waals surface area contributed by atoms with E-state index in [0.29, 0.717) is 11.6 Å². The van der Waals surface area contributed by atoms with Gasteiger partial charge in [0.1, 0.15) is 5.75 Å². The maximum absolute atomic E-state index is 12.1. The van der Waals surface area contributed by atoms with Crippen molar-refractivity contribution in [3.05, 3.63) is 70.4 Å². The van der Waals surface area contributed by atoms with Gasteiger partial charge in [-0.05, 0) is 49.8 Å². The number of esters is 1. The molecule has 0 bridgehead atoms. The molecule has 6 nitrogen and oxygen atoms in total. The van der Waals surface area contributed by atoms with E-state index in [1.54, 1.807) is 30.3 Å². The van der Waals surface area contributed by atoms with Crippen molar-refractivity contribution in [3.63, 3.8) is 0 Å². The van der Waals surface area contributed by atoms with Gasteiger partial charge >= 0.3 is 5.97 Å². The maximum atomic E-state index is 12.1. The summed E-state index contributed by atoms with van der Waals surface area (Å²) in [7, 11) is 0. The molecule has 26 heavy (non-hydrogen) atoms. The molecule has 1 amide bonds. The number of hydrogen-bond acceptors (Lipinski definition) is 5. The average Bonchev–Trinajstić information content (AvgIpc) is 2.94. The molecule has 0 fully saturated rings. The van der Waals surface area contributed by atoms with Gasteiger partial charge in [-0.1, -0.05) is 29.3 Å². The third-order valence-electron chi connectivity index (χ3n) is 3.65. The number of nitrogens with zero attached hydrogens (tertiary/aromatic N) is 1. The highest BCUT2D eigenvalue weighted by Crippen LogP contribution is 2.21. The van der Waals surface area contributed by atoms with Gasteiger partial charge in [-0.25, -0.2) is 9.79 Å². The number of cyclic esters (lactones) is 1. The zero-order valence-corrected chi connectivity index (χ0v) is 14.5. The van der Waals surface area contributed by atoms with Crippen LogP contribution >= 0.6 is 0 Å². The zero-order valence-electron chi connectivity index (χ0n) is 14.5. The minimum Gasteiger partial charge on any atom is -0.484 e. The minimum atomic E-state index is -0.543. The summed E-state index contributed by atoms with van der Waals surface area (Å²) in [5, 5.41) is 0. The summed E-state index contributed by atoms with van der Waals surface area (Å²) in [4.78, 5) is 27.1. The molecule has 2 aromatic rings. The van der Waals surface area contributed by atoms with Crippen molar-refractivity contribution in [1.29, 1.82) is 0 Å². The summed E-state index contributed by atoms with van der Waals surface area (Å²) >= 11 is 0. The average molecular weight is 350 g/mol. The molecule has 0 saturated carbocycles. The zero-order chi connectivity index (χ0) is 18.7. The van der Waals surface area contributed by atoms with Gasteiger partial charge in [-0.15, -0.1) is 0 Å². The van der Waals surface area contributed by atoms with Gasteiger partial charge < -0.3 is 15.2 Å². The summed E-state index contributed by atoms with van der Waals surface area (Å²) < 4.78 is 10.5. The first-order chi connectivity index (χ1) is 12.4. The molecular weight excluding hydrogens is 332 g/mol. The Hall–Kier alpha value is -3.41. The van der Waals surface area contributed by atoms with Crippen molar-refractivity contribution in [1.82, 2.24) is 0 Å². The second-order valence-electron chi connectivity index (χ2n) is 6.04. The highest BCUT2D eigenvalue weighted by atomic mass is 16.6. The van der Waals surface area contributed by atoms with Crippen molar-refractivity contribution in [2.45, 2.75) is 13.8 Å². The fraction of sp³-hybridized carbons (Fsp3) is 0.150. The van der Waals surface area contributed by atoms with Crippen molar-refractivity contribution >= 4 is 23.9 Å². The molecule has 6 heteroatoms. The SMILES string of the molecule is Cc1cc(C)cc(C2=N/C(=C\c3ccc(OCC(N)=O)cc3)C(=O)O2)c1. The van der Waals surface area contributed by atoms with E-state index in [4.69, 9.17) is 15.2 Å². The van der Waals surface area contributed by atoms with E-state index in [0.717, 1.165) is 22.3 Å². The first-order valence-electron chi connectivity index (χ1n) is 8.03. The third-order valence-corrected chi connectivity index (χ3v) is 3.65. The third kappa shape index (κ3) is 4.16. The molecular formula is C20H18N2O4. The smallest absolute Gasteiger partial charge is 0.363 e. The molecule has 3 rings (SSSR count). The van der Waals surface area contributed by atoms with Crippen LogP contribution in [0.2, 0.25) is 0 Å². The number of carbonyl (C=O) groups excluding carboxylic acids is 2. The lowest BCUT2D eigenvalue weighted by Crippen LogP contribution is -2.19. The number of aliphatic imine (C=N–C) groups is 1. The van der Waals surface area contributed by atoms with Crippen LogP contribution < -0.4 is 10.5 Å². The lowest BCUT2D eigenvalue weighted by molar-refractivity contribution is -0.130. The largest absolute Gasteiger partial charge is 0.484 e. The standard InChI is InChI=1S/C20H18N2O4/c1-12-7-13(2)9-15(8-12)19-22-17(20(24)26-19)10-14-3-5-16(6-4-14)25-11-18(21)23/h3-10H,11H2,1-2H3,(H2,21,23)/b17-10-. The van der Waals surface area contributed by atoms with Gasteiger partial charge in [0.25, 0.3) is 5.91 Å². The molecule has 0 unspecified atom stereocenters. The lowest BCUT2D eigenvalue weighted by Gasteiger charge is -2.03. The van der Waals surface area contributed by atoms with E-state index < -0.39 is 11.9 Å². The Bertz CT molecular complexity index is 907. The summed E-state index contributed by atoms with van der Waals surface area (Å²) in [6.45, 7) is 3.77. The predicted molar refractivity (Wildman–Crippen MR) is 97.7 cm³/mol. The fourth-order valence-corrected chi connectivity index (χ4v) is 2.60. The highest BCUT2D eigenvalue weighted by Gasteiger charge is 2.24. The van der Waals surface area contributed by atoms with Crippen LogP contribution in [0.4, 0.5) is 0 Å². The van der Waals surface area contributed by atoms with Gasteiger partial charge in [0.2, 0.25) is 5.90 Å². The lowest BCUT2D eigenvalue weighted by atomic mass is 10.1. The van der Waals surface area contributed by atoms with Gasteiger partial charge in [-0.3, -0.25) is 4.79 Å². The number of benzene rings is 2. The molecule has 132 valence electrons. The Morgan fingerprint density at radius 3 is 2.42 bits per heavy atom. The van der Waals surface area contributed by atoms with Gasteiger partial charge in [0.15, 0.2) is 12.3 Å². The fourth-order valence-electron chi connectivity index (χ4n) is 2.60. The molecule has 2 N–H and O–H groups in total. The number of ether oxygens (including phenoxy) is 2. The maximum Gasteiger partial charge on any atom is 0.363 e. The molecule has 0 atom stereocenters. The van der Waals surface area contributed by atoms with E-state index >= 15 is 0 Å².